The molecule has 7 atom stereocenters. The molecular formula is C99H137F15N16O15S2. The largest absolute Gasteiger partial charge is 0.480 e. The average molecular weight is 2140 g/mol. The average Bonchev–Trinajstić information content (AvgIpc) is 1.62. The lowest BCUT2D eigenvalue weighted by Crippen LogP contribution is -2.59. The van der Waals surface area contributed by atoms with Crippen LogP contribution in [0.15, 0.2) is 91.0 Å². The van der Waals surface area contributed by atoms with Crippen LogP contribution in [0.4, 0.5) is 108 Å². The van der Waals surface area contributed by atoms with E-state index in [-0.39, 0.29) is 46.8 Å². The van der Waals surface area contributed by atoms with E-state index in [2.05, 4.69) is 89.6 Å². The normalized spacial score (nSPS) is 24.4. The lowest BCUT2D eigenvalue weighted by Gasteiger charge is -2.46. The second-order valence-corrected chi connectivity index (χ2v) is 46.0. The Morgan fingerprint density at radius 1 is 0.361 bits per heavy atom. The predicted molar refractivity (Wildman–Crippen MR) is 517 cm³/mol. The molecule has 1 N–H and O–H groups in total. The molecule has 13 saturated heterocycles. The van der Waals surface area contributed by atoms with Crippen molar-refractivity contribution in [3.63, 3.8) is 0 Å². The number of carbonyl (C=O) groups is 6. The Hall–Kier alpha value is -9.33. The van der Waals surface area contributed by atoms with E-state index in [0.29, 0.717) is 188 Å². The van der Waals surface area contributed by atoms with Crippen LogP contribution in [-0.4, -0.2) is 391 Å². The molecule has 6 unspecified atom stereocenters. The number of carboxylic acid groups (broad SMARTS) is 1. The molecule has 0 aromatic heterocycles. The van der Waals surface area contributed by atoms with Gasteiger partial charge in [0.1, 0.15) is 6.04 Å². The highest BCUT2D eigenvalue weighted by Gasteiger charge is 2.54. The Kier molecular flexibility index (Phi) is 35.5. The van der Waals surface area contributed by atoms with Crippen LogP contribution in [0.3, 0.4) is 0 Å². The number of carbonyl (C=O) groups excluding carboxylic acids is 5. The Morgan fingerprint density at radius 3 is 1.09 bits per heavy atom. The zero-order valence-corrected chi connectivity index (χ0v) is 85.8. The van der Waals surface area contributed by atoms with E-state index in [0.717, 1.165) is 172 Å². The van der Waals surface area contributed by atoms with Crippen molar-refractivity contribution in [2.75, 3.05) is 228 Å². The van der Waals surface area contributed by atoms with E-state index in [1.807, 2.05) is 51.1 Å². The number of carboxylic acids is 1. The van der Waals surface area contributed by atoms with Crippen molar-refractivity contribution in [2.45, 2.75) is 217 Å². The molecule has 13 fully saturated rings. The number of piperidine rings is 2. The molecule has 17 rings (SSSR count). The maximum atomic E-state index is 13.8. The number of ether oxygens (including phenoxy) is 4. The van der Waals surface area contributed by atoms with Crippen molar-refractivity contribution in [1.29, 1.82) is 0 Å². The predicted octanol–water partition coefficient (Wildman–Crippen LogP) is 14.2. The van der Waals surface area contributed by atoms with Gasteiger partial charge in [-0.25, -0.2) is 44.6 Å². The van der Waals surface area contributed by atoms with Gasteiger partial charge in [0.25, 0.3) is 0 Å². The highest BCUT2D eigenvalue weighted by molar-refractivity contribution is 7.88. The third-order valence-electron chi connectivity index (χ3n) is 31.9. The standard InChI is InChI=1S/C30H40F6N4O4.C24H33F3N4O3.C23H33F3N4O4S.C22H31F3N4O4S/c1-20(29(31,32)33)44-27(43)38-16-10-28(11-17-38)9-3-12-39(28)19-21-5-6-22(30(34,35)36)18-25(21)37-14-7-23(8-15-37)40-13-2-4-24(40)26(41)42;1-18(24(25,26)27)34-22(33)29-13-11-28(12-14-29)15-20-5-3-4-6-21(20)31-10-8-23(17-31)7-9-30(16-23)19(2)32;1-18(23(24,25)26)34-21(31)28-13-11-27(12-14-28)15-19-5-3-4-6-20(19)29-9-7-22(16-29)8-10-30(17-22)35(2,32)33;1-17(22(23,24)25)33-20(30)27-11-9-26(10-12-27)13-18-5-3-4-6-19(18)28-8-7-21(14-28)15-29(16-21)34(2,31)32/h5-6,18,20,23-24H,2-4,7-17,19H2,1H3,(H,41,42);3-6,18H,7-17H2,1-2H3;3-6,18H,7-17H2,1-2H3;3-6,17H,7-16H2,1-2H3/t20?,24-;;;/m0.../s1. The van der Waals surface area contributed by atoms with Crippen molar-refractivity contribution >= 4 is 79.0 Å². The number of alkyl halides is 15. The Bertz CT molecular complexity index is 5440. The first-order valence-corrected chi connectivity index (χ1v) is 54.3. The Balaban J connectivity index is 0.000000156. The van der Waals surface area contributed by atoms with Crippen LogP contribution in [0.25, 0.3) is 0 Å². The van der Waals surface area contributed by atoms with E-state index in [4.69, 9.17) is 0 Å². The third kappa shape index (κ3) is 28.5. The zero-order chi connectivity index (χ0) is 107. The van der Waals surface area contributed by atoms with Gasteiger partial charge in [0.15, 0.2) is 24.4 Å². The van der Waals surface area contributed by atoms with Gasteiger partial charge in [-0.05, 0) is 177 Å². The van der Waals surface area contributed by atoms with Gasteiger partial charge < -0.3 is 68.2 Å². The number of hydrogen-bond donors (Lipinski definition) is 1. The number of piperazine rings is 3. The first kappa shape index (κ1) is 113. The highest BCUT2D eigenvalue weighted by atomic mass is 32.2. The molecule has 13 aliphatic heterocycles. The van der Waals surface area contributed by atoms with E-state index in [9.17, 15) is 117 Å². The van der Waals surface area contributed by atoms with Crippen molar-refractivity contribution in [3.8, 4) is 0 Å². The summed E-state index contributed by atoms with van der Waals surface area (Å²) in [6.45, 7) is 24.7. The number of likely N-dealkylation sites (tertiary alicyclic amines) is 4. The first-order valence-electron chi connectivity index (χ1n) is 50.6. The molecule has 0 saturated carbocycles. The SMILES string of the molecule is CC(=O)N1CCC2(CCN(c3ccccc3CN3CCN(C(=O)OC(C)C(F)(F)F)CC3)C2)C1.CC(OC(=O)N1CCC2(CCCN2Cc2ccc(C(F)(F)F)cc2N2CCC(N3CCC[C@H]3C(=O)O)CC2)CC1)C(F)(F)F.CC(OC(=O)N1CCN(Cc2ccccc2N2CCC3(C2)CN(S(C)(=O)=O)C3)CC1)C(F)(F)F.CC(OC(=O)N1CCN(Cc2ccccc2N2CCC3(CCN(S(C)(=O)=O)C3)C2)CC1)C(F)(F)F. The molecule has 4 spiro atoms. The summed E-state index contributed by atoms with van der Waals surface area (Å²) in [7, 11) is -6.33. The minimum Gasteiger partial charge on any atom is -0.480 e. The summed E-state index contributed by atoms with van der Waals surface area (Å²) in [5.41, 5.74) is 7.35. The number of anilines is 4. The monoisotopic (exact) mass is 2140 g/mol. The number of aliphatic carboxylic acids is 1. The van der Waals surface area contributed by atoms with Gasteiger partial charge in [-0.2, -0.15) is 65.9 Å². The van der Waals surface area contributed by atoms with Crippen LogP contribution >= 0.6 is 0 Å². The number of sulfonamides is 2. The van der Waals surface area contributed by atoms with Gasteiger partial charge in [0, 0.05) is 267 Å². The van der Waals surface area contributed by atoms with Gasteiger partial charge in [-0.1, -0.05) is 60.7 Å². The second-order valence-electron chi connectivity index (χ2n) is 42.1. The quantitative estimate of drug-likeness (QED) is 0.0635. The molecule has 820 valence electrons. The van der Waals surface area contributed by atoms with Crippen LogP contribution in [-0.2, 0) is 80.9 Å². The van der Waals surface area contributed by atoms with E-state index in [1.165, 1.54) is 53.7 Å². The number of halogens is 15. The first-order chi connectivity index (χ1) is 69.0. The summed E-state index contributed by atoms with van der Waals surface area (Å²) in [5.74, 6) is -0.685. The van der Waals surface area contributed by atoms with Gasteiger partial charge in [0.05, 0.1) is 18.1 Å². The molecule has 31 nitrogen and oxygen atoms in total. The smallest absolute Gasteiger partial charge is 0.425 e. The van der Waals surface area contributed by atoms with Gasteiger partial charge in [-0.3, -0.25) is 34.1 Å². The van der Waals surface area contributed by atoms with Crippen LogP contribution < -0.4 is 19.6 Å². The number of para-hydroxylation sites is 3. The lowest BCUT2D eigenvalue weighted by molar-refractivity contribution is -0.200. The molecule has 13 aliphatic rings. The van der Waals surface area contributed by atoms with Gasteiger partial charge in [0.2, 0.25) is 26.0 Å². The molecule has 147 heavy (non-hydrogen) atoms. The van der Waals surface area contributed by atoms with Crippen molar-refractivity contribution < 1.29 is 136 Å². The van der Waals surface area contributed by atoms with Gasteiger partial charge >= 0.3 is 61.2 Å². The summed E-state index contributed by atoms with van der Waals surface area (Å²) in [6.07, 6.45) is -22.3. The fraction of sp³-hybridized carbons (Fsp3) is 0.697. The minimum atomic E-state index is -4.64. The van der Waals surface area contributed by atoms with Crippen LogP contribution in [0.2, 0.25) is 0 Å². The lowest BCUT2D eigenvalue weighted by atomic mass is 9.81. The molecule has 48 heteroatoms. The molecule has 4 aromatic carbocycles. The fourth-order valence-electron chi connectivity index (χ4n) is 22.9. The van der Waals surface area contributed by atoms with Crippen molar-refractivity contribution in [3.05, 3.63) is 119 Å². The summed E-state index contributed by atoms with van der Waals surface area (Å²) in [5, 5.41) is 9.60. The summed E-state index contributed by atoms with van der Waals surface area (Å²) < 4.78 is 263. The highest BCUT2D eigenvalue weighted by Crippen LogP contribution is 2.49. The molecule has 4 aromatic rings. The number of benzene rings is 4. The molecular weight excluding hydrogens is 2000 g/mol. The maximum Gasteiger partial charge on any atom is 0.425 e. The third-order valence-corrected chi connectivity index (χ3v) is 34.4. The van der Waals surface area contributed by atoms with Crippen LogP contribution in [0, 0.1) is 16.2 Å². The minimum absolute atomic E-state index is 0.00965. The second kappa shape index (κ2) is 46.1. The number of nitrogens with zero attached hydrogens (tertiary/aromatic N) is 16. The van der Waals surface area contributed by atoms with Crippen LogP contribution in [0.1, 0.15) is 146 Å². The summed E-state index contributed by atoms with van der Waals surface area (Å²) >= 11 is 0. The zero-order valence-electron chi connectivity index (χ0n) is 84.2. The summed E-state index contributed by atoms with van der Waals surface area (Å²) in [4.78, 5) is 99.3. The molecule has 0 bridgehead atoms. The maximum absolute atomic E-state index is 13.8. The fourth-order valence-corrected chi connectivity index (χ4v) is 24.8. The number of rotatable bonds is 20. The molecule has 0 radical (unpaired) electrons. The molecule has 13 heterocycles. The van der Waals surface area contributed by atoms with Crippen molar-refractivity contribution in [1.82, 2.24) is 57.6 Å². The topological polar surface area (TPSA) is 280 Å². The summed E-state index contributed by atoms with van der Waals surface area (Å²) in [6, 6.07) is 28.0. The Labute approximate surface area is 848 Å². The number of amides is 5. The van der Waals surface area contributed by atoms with E-state index < -0.39 is 117 Å². The number of hydrogen-bond acceptors (Lipinski definition) is 23. The van der Waals surface area contributed by atoms with E-state index in [1.54, 1.807) is 17.3 Å². The van der Waals surface area contributed by atoms with Gasteiger partial charge in [-0.15, -0.1) is 0 Å². The van der Waals surface area contributed by atoms with Crippen molar-refractivity contribution in [2.24, 2.45) is 16.2 Å². The van der Waals surface area contributed by atoms with E-state index >= 15 is 0 Å². The Morgan fingerprint density at radius 2 is 0.714 bits per heavy atom. The molecule has 5 amide bonds. The van der Waals surface area contributed by atoms with Crippen LogP contribution in [0.5, 0.6) is 0 Å². The molecule has 0 aliphatic carbocycles.